The van der Waals surface area contributed by atoms with Crippen molar-refractivity contribution in [2.45, 2.75) is 158 Å². The number of aliphatic imine (C=N–C) groups is 2. The van der Waals surface area contributed by atoms with Gasteiger partial charge in [0.2, 0.25) is 23.7 Å². The number of alkyl carbamates (subject to hydrolysis) is 2. The van der Waals surface area contributed by atoms with E-state index in [1.165, 1.54) is 0 Å². The Morgan fingerprint density at radius 1 is 0.753 bits per heavy atom. The normalized spacial score (nSPS) is 14.8. The number of fused-ring (bicyclic) bond motifs is 3. The van der Waals surface area contributed by atoms with Crippen LogP contribution in [0, 0.1) is 26.2 Å². The first-order chi connectivity index (χ1) is 33.8. The van der Waals surface area contributed by atoms with E-state index in [0.717, 1.165) is 32.3 Å². The van der Waals surface area contributed by atoms with Crippen LogP contribution in [0.15, 0.2) is 34.3 Å². The van der Waals surface area contributed by atoms with Crippen LogP contribution < -0.4 is 31.9 Å². The molecule has 0 fully saturated rings. The van der Waals surface area contributed by atoms with Crippen molar-refractivity contribution in [3.8, 4) is 5.00 Å². The highest BCUT2D eigenvalue weighted by Gasteiger charge is 2.36. The lowest BCUT2D eigenvalue weighted by Gasteiger charge is -2.32. The van der Waals surface area contributed by atoms with E-state index in [9.17, 15) is 28.8 Å². The number of ether oxygens (including phenoxy) is 4. The second-order valence-electron chi connectivity index (χ2n) is 21.5. The second kappa shape index (κ2) is 25.2. The van der Waals surface area contributed by atoms with Crippen LogP contribution in [0.5, 0.6) is 0 Å². The van der Waals surface area contributed by atoms with E-state index in [2.05, 4.69) is 60.9 Å². The first-order valence-corrected chi connectivity index (χ1v) is 25.3. The molecule has 1 aliphatic heterocycles. The zero-order chi connectivity index (χ0) is 54.6. The lowest BCUT2D eigenvalue weighted by atomic mass is 9.85. The van der Waals surface area contributed by atoms with E-state index in [-0.39, 0.29) is 64.0 Å². The van der Waals surface area contributed by atoms with Gasteiger partial charge in [0, 0.05) is 40.7 Å². The molecule has 2 aromatic heterocycles. The van der Waals surface area contributed by atoms with Crippen LogP contribution >= 0.6 is 22.9 Å². The number of amides is 6. The number of carbonyl (C=O) groups is 6. The fourth-order valence-electron chi connectivity index (χ4n) is 7.13. The van der Waals surface area contributed by atoms with Gasteiger partial charge in [-0.3, -0.25) is 29.3 Å². The number of hydrogen-bond acceptors (Lipinski definition) is 14. The summed E-state index contributed by atoms with van der Waals surface area (Å²) >= 11 is 7.87. The number of nitrogens with zero attached hydrogens (tertiary/aromatic N) is 5. The molecule has 4 rings (SSSR count). The zero-order valence-electron chi connectivity index (χ0n) is 44.8. The Morgan fingerprint density at radius 2 is 1.36 bits per heavy atom. The van der Waals surface area contributed by atoms with Crippen LogP contribution in [-0.4, -0.2) is 124 Å². The maximum Gasteiger partial charge on any atom is 0.437 e. The highest BCUT2D eigenvalue weighted by Crippen LogP contribution is 2.39. The minimum atomic E-state index is -1.18. The fraction of sp³-hybridized carbons (Fsp3) is 0.600. The highest BCUT2D eigenvalue weighted by molar-refractivity contribution is 7.15. The minimum Gasteiger partial charge on any atom is -0.444 e. The van der Waals surface area contributed by atoms with E-state index in [1.54, 1.807) is 94.4 Å². The number of aromatic nitrogens is 3. The summed E-state index contributed by atoms with van der Waals surface area (Å²) < 4.78 is 23.8. The zero-order valence-corrected chi connectivity index (χ0v) is 46.4. The van der Waals surface area contributed by atoms with Crippen molar-refractivity contribution in [3.63, 3.8) is 0 Å². The minimum absolute atomic E-state index is 0.00212. The van der Waals surface area contributed by atoms with Gasteiger partial charge in [0.1, 0.15) is 45.8 Å². The molecule has 0 spiro atoms. The molecule has 21 nitrogen and oxygen atoms in total. The Kier molecular flexibility index (Phi) is 20.5. The summed E-state index contributed by atoms with van der Waals surface area (Å²) in [4.78, 5) is 89.2. The van der Waals surface area contributed by atoms with Crippen molar-refractivity contribution >= 4 is 70.6 Å². The van der Waals surface area contributed by atoms with Crippen LogP contribution in [0.4, 0.5) is 14.4 Å². The second-order valence-corrected chi connectivity index (χ2v) is 23.1. The molecule has 0 saturated heterocycles. The summed E-state index contributed by atoms with van der Waals surface area (Å²) in [7, 11) is 0. The van der Waals surface area contributed by atoms with Crippen molar-refractivity contribution in [2.24, 2.45) is 15.4 Å². The number of aryl methyl sites for hydroxylation is 2. The molecule has 0 bridgehead atoms. The van der Waals surface area contributed by atoms with Crippen molar-refractivity contribution in [2.75, 3.05) is 32.8 Å². The first kappa shape index (κ1) is 59.4. The number of halogens is 1. The third-order valence-corrected chi connectivity index (χ3v) is 11.9. The standard InChI is InChI=1S/C50H74ClN11O10S/c1-28-29(2)73-42-36(28)37(31-18-20-32(51)21-19-31)55-34(39-61-60-30(3)62(39)42)27-35(63)52-23-25-69-26-24-53-41(65)38(47(4,5)6)57-40(64)33(56-44(66)70-48(7,8)9)17-16-22-54-43(58-45(67)71-49(10,11)12)59-46(68)72-50(13,14)15/h18-21,33-34,38H,16-17,22-27H2,1-15H3,(H,52,63)(H,53,65)(H,56,66)(H,57,64)(H2,54,58,59,67,68)/t33-,34-,38+/m0/s1. The Morgan fingerprint density at radius 3 is 1.96 bits per heavy atom. The van der Waals surface area contributed by atoms with E-state index in [4.69, 9.17) is 35.5 Å². The predicted octanol–water partition coefficient (Wildman–Crippen LogP) is 7.05. The Labute approximate surface area is 437 Å². The van der Waals surface area contributed by atoms with Crippen molar-refractivity contribution < 1.29 is 47.7 Å². The molecular formula is C50H74ClN11O10S. The smallest absolute Gasteiger partial charge is 0.437 e. The van der Waals surface area contributed by atoms with Crippen molar-refractivity contribution in [3.05, 3.63) is 62.5 Å². The van der Waals surface area contributed by atoms with E-state index in [1.807, 2.05) is 35.8 Å². The fourth-order valence-corrected chi connectivity index (χ4v) is 8.47. The highest BCUT2D eigenvalue weighted by atomic mass is 35.5. The molecule has 6 amide bonds. The average Bonchev–Trinajstić information content (AvgIpc) is 3.72. The van der Waals surface area contributed by atoms with Crippen LogP contribution in [0.1, 0.15) is 142 Å². The molecule has 402 valence electrons. The molecule has 1 aromatic carbocycles. The van der Waals surface area contributed by atoms with Gasteiger partial charge >= 0.3 is 18.3 Å². The van der Waals surface area contributed by atoms with Gasteiger partial charge in [-0.05, 0) is 119 Å². The summed E-state index contributed by atoms with van der Waals surface area (Å²) in [6, 6.07) is 4.59. The molecule has 0 aliphatic carbocycles. The van der Waals surface area contributed by atoms with Gasteiger partial charge in [-0.1, -0.05) is 44.5 Å². The van der Waals surface area contributed by atoms with Crippen LogP contribution in [0.2, 0.25) is 5.02 Å². The lowest BCUT2D eigenvalue weighted by Crippen LogP contribution is -2.58. The number of thiophene rings is 1. The van der Waals surface area contributed by atoms with Gasteiger partial charge < -0.3 is 45.5 Å². The Hall–Kier alpha value is -6.13. The summed E-state index contributed by atoms with van der Waals surface area (Å²) in [6.45, 7) is 27.0. The predicted molar refractivity (Wildman–Crippen MR) is 280 cm³/mol. The molecule has 0 radical (unpaired) electrons. The van der Waals surface area contributed by atoms with Crippen molar-refractivity contribution in [1.82, 2.24) is 46.7 Å². The largest absolute Gasteiger partial charge is 0.444 e. The number of hydrogen-bond donors (Lipinski definition) is 6. The van der Waals surface area contributed by atoms with Gasteiger partial charge in [0.05, 0.1) is 25.3 Å². The summed E-state index contributed by atoms with van der Waals surface area (Å²) in [5.74, 6) is -0.419. The molecule has 23 heteroatoms. The van der Waals surface area contributed by atoms with Gasteiger partial charge in [-0.25, -0.2) is 14.4 Å². The van der Waals surface area contributed by atoms with Gasteiger partial charge in [-0.15, -0.1) is 26.5 Å². The summed E-state index contributed by atoms with van der Waals surface area (Å²) in [6.07, 6.45) is -2.47. The molecule has 6 N–H and O–H groups in total. The third kappa shape index (κ3) is 19.0. The number of guanidine groups is 1. The third-order valence-electron chi connectivity index (χ3n) is 10.5. The average molecular weight is 1060 g/mol. The maximum absolute atomic E-state index is 13.9. The van der Waals surface area contributed by atoms with Crippen LogP contribution in [0.3, 0.4) is 0 Å². The molecular weight excluding hydrogens is 982 g/mol. The summed E-state index contributed by atoms with van der Waals surface area (Å²) in [5.41, 5.74) is 0.289. The van der Waals surface area contributed by atoms with Crippen LogP contribution in [-0.2, 0) is 33.3 Å². The SMILES string of the molecule is Cc1sc2c(c1C)C(c1ccc(Cl)cc1)=N[C@@H](CC(=O)NCCOCCNC(=O)[C@@H](NC(=O)[C@H](CCCN/C(=N\C(=O)OC(C)(C)C)NC(=O)OC(C)(C)C)NC(=O)OC(C)(C)C)C(C)(C)C)c1nnc(C)n1-2. The van der Waals surface area contributed by atoms with E-state index < -0.39 is 70.4 Å². The molecule has 73 heavy (non-hydrogen) atoms. The van der Waals surface area contributed by atoms with Crippen molar-refractivity contribution in [1.29, 1.82) is 0 Å². The van der Waals surface area contributed by atoms with Gasteiger partial charge in [0.25, 0.3) is 0 Å². The number of rotatable bonds is 17. The molecule has 3 atom stereocenters. The van der Waals surface area contributed by atoms with Crippen LogP contribution in [0.25, 0.3) is 5.00 Å². The van der Waals surface area contributed by atoms with E-state index in [0.29, 0.717) is 16.7 Å². The number of benzene rings is 1. The molecule has 3 aromatic rings. The number of nitrogens with one attached hydrogen (secondary N) is 6. The lowest BCUT2D eigenvalue weighted by molar-refractivity contribution is -0.132. The topological polar surface area (TPSA) is 267 Å². The maximum atomic E-state index is 13.9. The first-order valence-electron chi connectivity index (χ1n) is 24.2. The molecule has 3 heterocycles. The molecule has 0 saturated carbocycles. The Balaban J connectivity index is 1.33. The summed E-state index contributed by atoms with van der Waals surface area (Å²) in [5, 5.41) is 26.8. The van der Waals surface area contributed by atoms with Gasteiger partial charge in [0.15, 0.2) is 5.82 Å². The quantitative estimate of drug-likeness (QED) is 0.0343. The van der Waals surface area contributed by atoms with Gasteiger partial charge in [-0.2, -0.15) is 0 Å². The monoisotopic (exact) mass is 1060 g/mol. The molecule has 1 aliphatic rings. The van der Waals surface area contributed by atoms with E-state index >= 15 is 0 Å². The molecule has 0 unspecified atom stereocenters. The number of carbonyl (C=O) groups excluding carboxylic acids is 6. The Bertz CT molecular complexity index is 2510.